The maximum atomic E-state index is 12.5. The minimum atomic E-state index is -0.751. The van der Waals surface area contributed by atoms with E-state index in [1.54, 1.807) is 49.9 Å². The quantitative estimate of drug-likeness (QED) is 0.721. The summed E-state index contributed by atoms with van der Waals surface area (Å²) in [5.74, 6) is 0.831. The highest BCUT2D eigenvalue weighted by atomic mass is 16.5. The molecule has 8 heteroatoms. The van der Waals surface area contributed by atoms with Gasteiger partial charge in [-0.25, -0.2) is 4.68 Å². The number of nitrogens with one attached hydrogen (secondary N) is 1. The smallest absolute Gasteiger partial charge is 0.291 e. The third-order valence-corrected chi connectivity index (χ3v) is 4.19. The lowest BCUT2D eigenvalue weighted by molar-refractivity contribution is -0.124. The monoisotopic (exact) mass is 356 g/mol. The Bertz CT molecular complexity index is 992. The molecule has 136 valence electrons. The first-order valence-corrected chi connectivity index (χ1v) is 8.09. The number of carbonyl (C=O) groups is 1. The van der Waals surface area contributed by atoms with Gasteiger partial charge in [0.15, 0.2) is 11.5 Å². The van der Waals surface area contributed by atoms with Crippen LogP contribution in [-0.2, 0) is 11.3 Å². The fourth-order valence-electron chi connectivity index (χ4n) is 2.77. The molecule has 0 aliphatic heterocycles. The Morgan fingerprint density at radius 1 is 1.23 bits per heavy atom. The number of ether oxygens (including phenoxy) is 2. The second-order valence-corrected chi connectivity index (χ2v) is 5.73. The Hall–Kier alpha value is -3.29. The highest BCUT2D eigenvalue weighted by Gasteiger charge is 2.19. The summed E-state index contributed by atoms with van der Waals surface area (Å²) in [5.41, 5.74) is 0.919. The molecule has 8 nitrogen and oxygen atoms in total. The van der Waals surface area contributed by atoms with Gasteiger partial charge in [0.1, 0.15) is 17.9 Å². The zero-order chi connectivity index (χ0) is 18.7. The number of para-hydroxylation sites is 1. The van der Waals surface area contributed by atoms with E-state index in [2.05, 4.69) is 10.4 Å². The van der Waals surface area contributed by atoms with Gasteiger partial charge in [-0.15, -0.1) is 0 Å². The van der Waals surface area contributed by atoms with Gasteiger partial charge in [-0.05, 0) is 25.1 Å². The van der Waals surface area contributed by atoms with E-state index in [1.807, 2.05) is 12.1 Å². The standard InChI is InChI=1S/C18H20N4O4/c1-12(22-18(24)14-7-5-9-21(14)11-20-22)17(23)19-10-13-6-4-8-15(25-2)16(13)26-3/h4-9,11-12H,10H2,1-3H3,(H,19,23)/t12-/m0/s1. The molecule has 3 aromatic rings. The van der Waals surface area contributed by atoms with Gasteiger partial charge in [-0.2, -0.15) is 5.10 Å². The molecule has 0 aliphatic rings. The zero-order valence-corrected chi connectivity index (χ0v) is 14.8. The molecule has 0 saturated heterocycles. The Kier molecular flexibility index (Phi) is 4.92. The molecule has 0 fully saturated rings. The molecule has 0 aliphatic carbocycles. The minimum absolute atomic E-state index is 0.242. The maximum absolute atomic E-state index is 12.5. The molecule has 1 atom stereocenters. The van der Waals surface area contributed by atoms with Crippen molar-refractivity contribution in [3.8, 4) is 11.5 Å². The van der Waals surface area contributed by atoms with Crippen LogP contribution in [0.5, 0.6) is 11.5 Å². The van der Waals surface area contributed by atoms with Crippen molar-refractivity contribution in [3.63, 3.8) is 0 Å². The Morgan fingerprint density at radius 3 is 2.77 bits per heavy atom. The molecule has 0 bridgehead atoms. The summed E-state index contributed by atoms with van der Waals surface area (Å²) in [7, 11) is 3.10. The number of benzene rings is 1. The van der Waals surface area contributed by atoms with E-state index in [-0.39, 0.29) is 18.0 Å². The van der Waals surface area contributed by atoms with Crippen molar-refractivity contribution in [2.75, 3.05) is 14.2 Å². The number of hydrogen-bond donors (Lipinski definition) is 1. The Balaban J connectivity index is 1.78. The van der Waals surface area contributed by atoms with Crippen LogP contribution in [0.25, 0.3) is 5.52 Å². The van der Waals surface area contributed by atoms with Crippen LogP contribution in [-0.4, -0.2) is 34.3 Å². The molecular weight excluding hydrogens is 336 g/mol. The van der Waals surface area contributed by atoms with Gasteiger partial charge in [0.05, 0.1) is 14.2 Å². The number of carbonyl (C=O) groups excluding carboxylic acids is 1. The SMILES string of the molecule is COc1cccc(CNC(=O)[C@H](C)n2ncn3cccc3c2=O)c1OC. The molecule has 1 N–H and O–H groups in total. The van der Waals surface area contributed by atoms with E-state index < -0.39 is 6.04 Å². The molecule has 1 aromatic carbocycles. The number of nitrogens with zero attached hydrogens (tertiary/aromatic N) is 3. The fourth-order valence-corrected chi connectivity index (χ4v) is 2.77. The van der Waals surface area contributed by atoms with Gasteiger partial charge in [0, 0.05) is 18.3 Å². The first-order valence-electron chi connectivity index (χ1n) is 8.09. The van der Waals surface area contributed by atoms with E-state index in [0.29, 0.717) is 17.0 Å². The third kappa shape index (κ3) is 3.13. The van der Waals surface area contributed by atoms with Crippen LogP contribution in [0.2, 0.25) is 0 Å². The van der Waals surface area contributed by atoms with Crippen molar-refractivity contribution in [1.82, 2.24) is 19.5 Å². The highest BCUT2D eigenvalue weighted by Crippen LogP contribution is 2.30. The normalized spacial score (nSPS) is 12.0. The summed E-state index contributed by atoms with van der Waals surface area (Å²) in [5, 5.41) is 6.89. The molecule has 3 rings (SSSR count). The summed E-state index contributed by atoms with van der Waals surface area (Å²) in [6, 6.07) is 8.12. The molecule has 1 amide bonds. The summed E-state index contributed by atoms with van der Waals surface area (Å²) in [6.07, 6.45) is 3.24. The lowest BCUT2D eigenvalue weighted by Gasteiger charge is -2.16. The van der Waals surface area contributed by atoms with Gasteiger partial charge in [0.25, 0.3) is 5.56 Å². The molecule has 0 spiro atoms. The van der Waals surface area contributed by atoms with Crippen molar-refractivity contribution >= 4 is 11.4 Å². The molecule has 0 unspecified atom stereocenters. The predicted octanol–water partition coefficient (Wildman–Crippen LogP) is 1.39. The fraction of sp³-hybridized carbons (Fsp3) is 0.278. The molecule has 0 saturated carbocycles. The summed E-state index contributed by atoms with van der Waals surface area (Å²) in [6.45, 7) is 1.87. The van der Waals surface area contributed by atoms with E-state index in [9.17, 15) is 9.59 Å². The first-order chi connectivity index (χ1) is 12.6. The van der Waals surface area contributed by atoms with Crippen molar-refractivity contribution in [1.29, 1.82) is 0 Å². The van der Waals surface area contributed by atoms with Crippen molar-refractivity contribution < 1.29 is 14.3 Å². The minimum Gasteiger partial charge on any atom is -0.493 e. The Morgan fingerprint density at radius 2 is 2.04 bits per heavy atom. The Labute approximate surface area is 150 Å². The van der Waals surface area contributed by atoms with Crippen molar-refractivity contribution in [2.45, 2.75) is 19.5 Å². The second-order valence-electron chi connectivity index (χ2n) is 5.73. The van der Waals surface area contributed by atoms with Crippen LogP contribution in [0.1, 0.15) is 18.5 Å². The van der Waals surface area contributed by atoms with E-state index >= 15 is 0 Å². The van der Waals surface area contributed by atoms with Gasteiger partial charge < -0.3 is 19.2 Å². The average Bonchev–Trinajstić information content (AvgIpc) is 3.15. The van der Waals surface area contributed by atoms with Gasteiger partial charge in [-0.1, -0.05) is 12.1 Å². The lowest BCUT2D eigenvalue weighted by Crippen LogP contribution is -2.37. The third-order valence-electron chi connectivity index (χ3n) is 4.19. The van der Waals surface area contributed by atoms with Crippen molar-refractivity contribution in [3.05, 3.63) is 58.8 Å². The van der Waals surface area contributed by atoms with Crippen LogP contribution in [0.15, 0.2) is 47.7 Å². The summed E-state index contributed by atoms with van der Waals surface area (Å²) >= 11 is 0. The molecule has 0 radical (unpaired) electrons. The maximum Gasteiger partial charge on any atom is 0.291 e. The first kappa shape index (κ1) is 17.5. The van der Waals surface area contributed by atoms with Crippen LogP contribution in [0.4, 0.5) is 0 Å². The predicted molar refractivity (Wildman–Crippen MR) is 95.6 cm³/mol. The average molecular weight is 356 g/mol. The number of rotatable bonds is 6. The van der Waals surface area contributed by atoms with Crippen LogP contribution < -0.4 is 20.3 Å². The number of aromatic nitrogens is 3. The van der Waals surface area contributed by atoms with Crippen LogP contribution >= 0.6 is 0 Å². The molecule has 26 heavy (non-hydrogen) atoms. The van der Waals surface area contributed by atoms with Crippen LogP contribution in [0.3, 0.4) is 0 Å². The molecule has 2 heterocycles. The van der Waals surface area contributed by atoms with Crippen LogP contribution in [0, 0.1) is 0 Å². The number of amides is 1. The number of fused-ring (bicyclic) bond motifs is 1. The van der Waals surface area contributed by atoms with Gasteiger partial charge in [0.2, 0.25) is 5.91 Å². The second kappa shape index (κ2) is 7.30. The molecular formula is C18H20N4O4. The number of methoxy groups -OCH3 is 2. The number of hydrogen-bond acceptors (Lipinski definition) is 5. The van der Waals surface area contributed by atoms with Gasteiger partial charge >= 0.3 is 0 Å². The largest absolute Gasteiger partial charge is 0.493 e. The van der Waals surface area contributed by atoms with Crippen molar-refractivity contribution in [2.24, 2.45) is 0 Å². The highest BCUT2D eigenvalue weighted by molar-refractivity contribution is 5.80. The van der Waals surface area contributed by atoms with Gasteiger partial charge in [-0.3, -0.25) is 9.59 Å². The molecule has 2 aromatic heterocycles. The van der Waals surface area contributed by atoms with E-state index in [1.165, 1.54) is 11.0 Å². The zero-order valence-electron chi connectivity index (χ0n) is 14.8. The van der Waals surface area contributed by atoms with E-state index in [4.69, 9.17) is 9.47 Å². The summed E-state index contributed by atoms with van der Waals surface area (Å²) in [4.78, 5) is 25.0. The van der Waals surface area contributed by atoms with E-state index in [0.717, 1.165) is 5.56 Å². The topological polar surface area (TPSA) is 86.9 Å². The lowest BCUT2D eigenvalue weighted by atomic mass is 10.1. The summed E-state index contributed by atoms with van der Waals surface area (Å²) < 4.78 is 13.4.